The lowest BCUT2D eigenvalue weighted by Crippen LogP contribution is -2.04. The number of anilines is 1. The molecule has 4 rings (SSSR count). The summed E-state index contributed by atoms with van der Waals surface area (Å²) in [4.78, 5) is 0. The molecule has 0 aliphatic rings. The molecule has 0 fully saturated rings. The van der Waals surface area contributed by atoms with E-state index in [9.17, 15) is 5.11 Å². The molecule has 0 spiro atoms. The van der Waals surface area contributed by atoms with Gasteiger partial charge in [-0.25, -0.2) is 0 Å². The highest BCUT2D eigenvalue weighted by Crippen LogP contribution is 2.28. The number of para-hydroxylation sites is 1. The number of rotatable bonds is 9. The Kier molecular flexibility index (Phi) is 7.42. The van der Waals surface area contributed by atoms with E-state index in [0.29, 0.717) is 18.0 Å². The van der Waals surface area contributed by atoms with E-state index < -0.39 is 0 Å². The molecule has 1 heterocycles. The van der Waals surface area contributed by atoms with Crippen LogP contribution in [0, 0.1) is 0 Å². The lowest BCUT2D eigenvalue weighted by molar-refractivity contribution is 0.373. The van der Waals surface area contributed by atoms with Crippen molar-refractivity contribution < 1.29 is 19.3 Å². The summed E-state index contributed by atoms with van der Waals surface area (Å²) in [6.07, 6.45) is 2.18. The first-order valence-corrected chi connectivity index (χ1v) is 10.9. The van der Waals surface area contributed by atoms with Crippen molar-refractivity contribution in [2.24, 2.45) is 5.10 Å². The van der Waals surface area contributed by atoms with Gasteiger partial charge in [-0.15, -0.1) is 10.2 Å². The van der Waals surface area contributed by atoms with E-state index in [-0.39, 0.29) is 5.75 Å². The Bertz CT molecular complexity index is 1320. The van der Waals surface area contributed by atoms with Gasteiger partial charge in [0, 0.05) is 17.5 Å². The van der Waals surface area contributed by atoms with Gasteiger partial charge in [-0.3, -0.25) is 5.43 Å². The summed E-state index contributed by atoms with van der Waals surface area (Å²) in [5.41, 5.74) is 7.32. The van der Waals surface area contributed by atoms with Crippen molar-refractivity contribution in [3.05, 3.63) is 89.5 Å². The number of methoxy groups -OCH3 is 3. The normalized spacial score (nSPS) is 10.8. The molecule has 0 atom stereocenters. The van der Waals surface area contributed by atoms with Crippen LogP contribution >= 0.6 is 0 Å². The molecular weight excluding hydrogens is 444 g/mol. The van der Waals surface area contributed by atoms with Crippen LogP contribution in [-0.2, 0) is 6.42 Å². The Morgan fingerprint density at radius 1 is 0.829 bits per heavy atom. The number of hydrazone groups is 1. The van der Waals surface area contributed by atoms with Crippen molar-refractivity contribution in [3.63, 3.8) is 0 Å². The van der Waals surface area contributed by atoms with Gasteiger partial charge >= 0.3 is 0 Å². The van der Waals surface area contributed by atoms with Crippen LogP contribution < -0.4 is 19.6 Å². The Balaban J connectivity index is 1.65. The fourth-order valence-electron chi connectivity index (χ4n) is 3.56. The van der Waals surface area contributed by atoms with Crippen molar-refractivity contribution >= 4 is 12.0 Å². The largest absolute Gasteiger partial charge is 0.504 e. The molecule has 2 N–H and O–H groups in total. The molecule has 8 nitrogen and oxygen atoms in total. The first-order valence-electron chi connectivity index (χ1n) is 10.9. The van der Waals surface area contributed by atoms with Gasteiger partial charge in [0.1, 0.15) is 11.5 Å². The summed E-state index contributed by atoms with van der Waals surface area (Å²) in [6, 6.07) is 22.5. The standard InChI is InChI=1S/C27H26N4O4/c1-33-22-11-9-19(10-12-22)23-16-21(15-20-6-4-5-7-25(20)34-2)27(31-29-23)30-28-17-18-8-13-24(32)26(14-18)35-3/h4-14,16-17,32H,15H2,1-3H3,(H,30,31)/b28-17+. The summed E-state index contributed by atoms with van der Waals surface area (Å²) in [6.45, 7) is 0. The number of ether oxygens (including phenoxy) is 3. The van der Waals surface area contributed by atoms with Crippen molar-refractivity contribution in [1.29, 1.82) is 0 Å². The zero-order chi connectivity index (χ0) is 24.6. The minimum absolute atomic E-state index is 0.0664. The molecule has 0 aliphatic heterocycles. The van der Waals surface area contributed by atoms with Gasteiger partial charge in [-0.1, -0.05) is 18.2 Å². The van der Waals surface area contributed by atoms with Crippen molar-refractivity contribution in [2.45, 2.75) is 6.42 Å². The highest BCUT2D eigenvalue weighted by Gasteiger charge is 2.12. The highest BCUT2D eigenvalue weighted by atomic mass is 16.5. The molecular formula is C27H26N4O4. The molecule has 0 bridgehead atoms. The maximum Gasteiger partial charge on any atom is 0.172 e. The van der Waals surface area contributed by atoms with Gasteiger partial charge in [-0.2, -0.15) is 5.10 Å². The lowest BCUT2D eigenvalue weighted by Gasteiger charge is -2.12. The Labute approximate surface area is 203 Å². The van der Waals surface area contributed by atoms with Gasteiger partial charge in [0.15, 0.2) is 17.3 Å². The molecule has 0 saturated carbocycles. The second-order valence-corrected chi connectivity index (χ2v) is 7.62. The van der Waals surface area contributed by atoms with Gasteiger partial charge in [-0.05, 0) is 65.7 Å². The summed E-state index contributed by atoms with van der Waals surface area (Å²) < 4.78 is 15.9. The summed E-state index contributed by atoms with van der Waals surface area (Å²) in [5.74, 6) is 2.52. The molecule has 0 radical (unpaired) electrons. The van der Waals surface area contributed by atoms with Crippen molar-refractivity contribution in [1.82, 2.24) is 10.2 Å². The number of nitrogens with one attached hydrogen (secondary N) is 1. The molecule has 8 heteroatoms. The fourth-order valence-corrected chi connectivity index (χ4v) is 3.56. The van der Waals surface area contributed by atoms with Crippen LogP contribution in [0.25, 0.3) is 11.3 Å². The average Bonchev–Trinajstić information content (AvgIpc) is 2.90. The van der Waals surface area contributed by atoms with Gasteiger partial charge < -0.3 is 19.3 Å². The highest BCUT2D eigenvalue weighted by molar-refractivity contribution is 5.81. The molecule has 4 aromatic rings. The molecule has 3 aromatic carbocycles. The van der Waals surface area contributed by atoms with E-state index >= 15 is 0 Å². The zero-order valence-electron chi connectivity index (χ0n) is 19.7. The average molecular weight is 471 g/mol. The minimum atomic E-state index is 0.0664. The van der Waals surface area contributed by atoms with E-state index in [1.165, 1.54) is 7.11 Å². The molecule has 0 saturated heterocycles. The second-order valence-electron chi connectivity index (χ2n) is 7.62. The zero-order valence-corrected chi connectivity index (χ0v) is 19.7. The van der Waals surface area contributed by atoms with E-state index in [4.69, 9.17) is 14.2 Å². The number of hydrogen-bond donors (Lipinski definition) is 2. The number of aromatic nitrogens is 2. The van der Waals surface area contributed by atoms with Crippen LogP contribution in [0.1, 0.15) is 16.7 Å². The van der Waals surface area contributed by atoms with E-state index in [1.54, 1.807) is 38.6 Å². The Morgan fingerprint density at radius 2 is 1.60 bits per heavy atom. The molecule has 0 unspecified atom stereocenters. The molecule has 178 valence electrons. The second kappa shape index (κ2) is 11.0. The van der Waals surface area contributed by atoms with Crippen LogP contribution in [0.3, 0.4) is 0 Å². The third kappa shape index (κ3) is 5.67. The first kappa shape index (κ1) is 23.6. The number of benzene rings is 3. The third-order valence-electron chi connectivity index (χ3n) is 5.42. The number of nitrogens with zero attached hydrogens (tertiary/aromatic N) is 3. The number of aromatic hydroxyl groups is 1. The quantitative estimate of drug-likeness (QED) is 0.265. The van der Waals surface area contributed by atoms with Crippen LogP contribution in [0.2, 0.25) is 0 Å². The third-order valence-corrected chi connectivity index (χ3v) is 5.42. The predicted octanol–water partition coefficient (Wildman–Crippen LogP) is 4.91. The van der Waals surface area contributed by atoms with Crippen molar-refractivity contribution in [2.75, 3.05) is 26.8 Å². The molecule has 35 heavy (non-hydrogen) atoms. The van der Waals surface area contributed by atoms with Gasteiger partial charge in [0.05, 0.1) is 33.2 Å². The predicted molar refractivity (Wildman–Crippen MR) is 136 cm³/mol. The smallest absolute Gasteiger partial charge is 0.172 e. The summed E-state index contributed by atoms with van der Waals surface area (Å²) in [7, 11) is 4.79. The number of hydrogen-bond acceptors (Lipinski definition) is 8. The SMILES string of the molecule is COc1ccc(-c2cc(Cc3ccccc3OC)c(N/N=C/c3ccc(O)c(OC)c3)nn2)cc1. The van der Waals surface area contributed by atoms with Gasteiger partial charge in [0.2, 0.25) is 0 Å². The van der Waals surface area contributed by atoms with E-state index in [0.717, 1.165) is 39.4 Å². The Hall–Kier alpha value is -4.59. The monoisotopic (exact) mass is 470 g/mol. The maximum atomic E-state index is 9.79. The van der Waals surface area contributed by atoms with Crippen LogP contribution in [-0.4, -0.2) is 42.8 Å². The topological polar surface area (TPSA) is 98.1 Å². The summed E-state index contributed by atoms with van der Waals surface area (Å²) in [5, 5.41) is 22.9. The molecule has 1 aromatic heterocycles. The maximum absolute atomic E-state index is 9.79. The van der Waals surface area contributed by atoms with E-state index in [1.807, 2.05) is 54.6 Å². The minimum Gasteiger partial charge on any atom is -0.504 e. The van der Waals surface area contributed by atoms with Crippen molar-refractivity contribution in [3.8, 4) is 34.3 Å². The van der Waals surface area contributed by atoms with Crippen LogP contribution in [0.4, 0.5) is 5.82 Å². The number of phenols is 1. The molecule has 0 amide bonds. The lowest BCUT2D eigenvalue weighted by atomic mass is 10.0. The summed E-state index contributed by atoms with van der Waals surface area (Å²) >= 11 is 0. The van der Waals surface area contributed by atoms with E-state index in [2.05, 4.69) is 20.7 Å². The first-order chi connectivity index (χ1) is 17.1. The number of phenolic OH excluding ortho intramolecular Hbond substituents is 1. The fraction of sp³-hybridized carbons (Fsp3) is 0.148. The van der Waals surface area contributed by atoms with Crippen LogP contribution in [0.15, 0.2) is 77.9 Å². The Morgan fingerprint density at radius 3 is 2.34 bits per heavy atom. The van der Waals surface area contributed by atoms with Gasteiger partial charge in [0.25, 0.3) is 0 Å². The van der Waals surface area contributed by atoms with Crippen LogP contribution in [0.5, 0.6) is 23.0 Å². The molecule has 0 aliphatic carbocycles.